The number of benzene rings is 2. The summed E-state index contributed by atoms with van der Waals surface area (Å²) in [6.45, 7) is 0.420. The molecule has 9 heteroatoms. The van der Waals surface area contributed by atoms with E-state index in [-0.39, 0.29) is 10.6 Å². The molecule has 134 valence electrons. The Morgan fingerprint density at radius 3 is 2.20 bits per heavy atom. The highest BCUT2D eigenvalue weighted by atomic mass is 32.2. The molecular weight excluding hydrogens is 367 g/mol. The van der Waals surface area contributed by atoms with E-state index in [1.807, 2.05) is 0 Å². The van der Waals surface area contributed by atoms with Crippen molar-refractivity contribution in [2.45, 2.75) is 17.7 Å². The number of nitrogens with one attached hydrogen (secondary N) is 1. The normalized spacial score (nSPS) is 17.2. The lowest BCUT2D eigenvalue weighted by atomic mass is 10.2. The molecule has 0 aromatic heterocycles. The summed E-state index contributed by atoms with van der Waals surface area (Å²) in [5, 5.41) is 0. The first kappa shape index (κ1) is 17.7. The van der Waals surface area contributed by atoms with Gasteiger partial charge < -0.3 is 0 Å². The Hall–Kier alpha value is -2.13. The summed E-state index contributed by atoms with van der Waals surface area (Å²) in [5.74, 6) is -0.405. The third-order valence-electron chi connectivity index (χ3n) is 3.88. The lowest BCUT2D eigenvalue weighted by Crippen LogP contribution is -2.37. The van der Waals surface area contributed by atoms with E-state index in [0.717, 1.165) is 18.6 Å². The van der Waals surface area contributed by atoms with Crippen molar-refractivity contribution in [3.63, 3.8) is 0 Å². The predicted octanol–water partition coefficient (Wildman–Crippen LogP) is 2.56. The number of sulfonamides is 2. The van der Waals surface area contributed by atoms with E-state index < -0.39 is 25.9 Å². The second-order valence-electron chi connectivity index (χ2n) is 5.70. The van der Waals surface area contributed by atoms with Crippen LogP contribution in [0.25, 0.3) is 0 Å². The van der Waals surface area contributed by atoms with Gasteiger partial charge in [-0.25, -0.2) is 21.2 Å². The van der Waals surface area contributed by atoms with E-state index in [2.05, 4.69) is 4.72 Å². The molecule has 0 bridgehead atoms. The fourth-order valence-corrected chi connectivity index (χ4v) is 5.30. The minimum atomic E-state index is -3.84. The first-order valence-corrected chi connectivity index (χ1v) is 10.8. The van der Waals surface area contributed by atoms with Crippen molar-refractivity contribution in [1.29, 1.82) is 0 Å². The Kier molecular flexibility index (Phi) is 4.70. The average molecular weight is 384 g/mol. The second kappa shape index (κ2) is 6.64. The zero-order valence-electron chi connectivity index (χ0n) is 13.2. The monoisotopic (exact) mass is 384 g/mol. The molecule has 1 aliphatic rings. The third-order valence-corrected chi connectivity index (χ3v) is 7.15. The number of nitrogens with zero attached hydrogens (tertiary/aromatic N) is 1. The van der Waals surface area contributed by atoms with Crippen LogP contribution in [0.3, 0.4) is 0 Å². The predicted molar refractivity (Wildman–Crippen MR) is 94.0 cm³/mol. The quantitative estimate of drug-likeness (QED) is 0.878. The largest absolute Gasteiger partial charge is 0.280 e. The van der Waals surface area contributed by atoms with Gasteiger partial charge in [-0.1, -0.05) is 0 Å². The molecule has 6 nitrogen and oxygen atoms in total. The van der Waals surface area contributed by atoms with Gasteiger partial charge in [0, 0.05) is 12.2 Å². The second-order valence-corrected chi connectivity index (χ2v) is 9.40. The molecule has 0 unspecified atom stereocenters. The minimum absolute atomic E-state index is 0.0587. The van der Waals surface area contributed by atoms with Crippen molar-refractivity contribution in [3.05, 3.63) is 54.3 Å². The average Bonchev–Trinajstić information content (AvgIpc) is 2.55. The lowest BCUT2D eigenvalue weighted by molar-refractivity contribution is 0.574. The molecule has 0 amide bonds. The first-order chi connectivity index (χ1) is 11.8. The highest BCUT2D eigenvalue weighted by molar-refractivity contribution is 7.93. The fraction of sp³-hybridized carbons (Fsp3) is 0.250. The molecular formula is C16H17FN2O4S2. The molecule has 1 fully saturated rings. The van der Waals surface area contributed by atoms with E-state index in [4.69, 9.17) is 0 Å². The highest BCUT2D eigenvalue weighted by Crippen LogP contribution is 2.25. The third kappa shape index (κ3) is 3.93. The Labute approximate surface area is 146 Å². The Morgan fingerprint density at radius 1 is 0.960 bits per heavy atom. The zero-order valence-corrected chi connectivity index (χ0v) is 14.9. The minimum Gasteiger partial charge on any atom is -0.280 e. The molecule has 2 aromatic carbocycles. The van der Waals surface area contributed by atoms with Crippen LogP contribution in [-0.2, 0) is 20.0 Å². The SMILES string of the molecule is O=S(=O)(Nc1ccc(N2CCCCS2(=O)=O)cc1)c1ccc(F)cc1. The number of hydrogen-bond acceptors (Lipinski definition) is 4. The van der Waals surface area contributed by atoms with Crippen molar-refractivity contribution in [2.75, 3.05) is 21.3 Å². The van der Waals surface area contributed by atoms with Gasteiger partial charge in [0.2, 0.25) is 10.0 Å². The fourth-order valence-electron chi connectivity index (χ4n) is 2.60. The van der Waals surface area contributed by atoms with Crippen LogP contribution >= 0.6 is 0 Å². The Bertz CT molecular complexity index is 956. The summed E-state index contributed by atoms with van der Waals surface area (Å²) in [5.41, 5.74) is 0.798. The van der Waals surface area contributed by atoms with Gasteiger partial charge in [-0.3, -0.25) is 9.03 Å². The maximum absolute atomic E-state index is 12.9. The van der Waals surface area contributed by atoms with Crippen LogP contribution in [-0.4, -0.2) is 29.1 Å². The van der Waals surface area contributed by atoms with E-state index in [9.17, 15) is 21.2 Å². The maximum Gasteiger partial charge on any atom is 0.261 e. The summed E-state index contributed by atoms with van der Waals surface area (Å²) < 4.78 is 65.4. The van der Waals surface area contributed by atoms with Gasteiger partial charge in [-0.15, -0.1) is 0 Å². The Balaban J connectivity index is 1.80. The number of hydrogen-bond donors (Lipinski definition) is 1. The van der Waals surface area contributed by atoms with Crippen molar-refractivity contribution < 1.29 is 21.2 Å². The van der Waals surface area contributed by atoms with Crippen LogP contribution in [0.1, 0.15) is 12.8 Å². The lowest BCUT2D eigenvalue weighted by Gasteiger charge is -2.28. The van der Waals surface area contributed by atoms with Gasteiger partial charge in [-0.2, -0.15) is 0 Å². The summed E-state index contributed by atoms with van der Waals surface area (Å²) in [4.78, 5) is -0.0587. The molecule has 1 saturated heterocycles. The van der Waals surface area contributed by atoms with Crippen LogP contribution < -0.4 is 9.03 Å². The molecule has 0 radical (unpaired) electrons. The van der Waals surface area contributed by atoms with Crippen LogP contribution in [0, 0.1) is 5.82 Å². The van der Waals surface area contributed by atoms with Crippen molar-refractivity contribution in [3.8, 4) is 0 Å². The summed E-state index contributed by atoms with van der Waals surface area (Å²) in [6.07, 6.45) is 1.44. The van der Waals surface area contributed by atoms with Crippen LogP contribution in [0.5, 0.6) is 0 Å². The molecule has 1 N–H and O–H groups in total. The molecule has 0 spiro atoms. The zero-order chi connectivity index (χ0) is 18.1. The highest BCUT2D eigenvalue weighted by Gasteiger charge is 2.26. The van der Waals surface area contributed by atoms with Crippen LogP contribution in [0.4, 0.5) is 15.8 Å². The number of halogens is 1. The van der Waals surface area contributed by atoms with Gasteiger partial charge in [0.15, 0.2) is 0 Å². The molecule has 3 rings (SSSR count). The molecule has 0 aliphatic carbocycles. The van der Waals surface area contributed by atoms with E-state index in [1.54, 1.807) is 12.1 Å². The van der Waals surface area contributed by atoms with Crippen LogP contribution in [0.15, 0.2) is 53.4 Å². The number of rotatable bonds is 4. The molecule has 2 aromatic rings. The summed E-state index contributed by atoms with van der Waals surface area (Å²) in [7, 11) is -7.15. The van der Waals surface area contributed by atoms with Gasteiger partial charge in [0.05, 0.1) is 16.3 Å². The molecule has 0 atom stereocenters. The summed E-state index contributed by atoms with van der Waals surface area (Å²) >= 11 is 0. The maximum atomic E-state index is 12.9. The standard InChI is InChI=1S/C16H17FN2O4S2/c17-13-3-9-16(10-4-13)25(22,23)18-14-5-7-15(8-6-14)19-11-1-2-12-24(19,20)21/h3-10,18H,1-2,11-12H2. The van der Waals surface area contributed by atoms with Crippen molar-refractivity contribution in [2.24, 2.45) is 0 Å². The van der Waals surface area contributed by atoms with Gasteiger partial charge in [0.25, 0.3) is 10.0 Å². The van der Waals surface area contributed by atoms with Crippen molar-refractivity contribution >= 4 is 31.4 Å². The van der Waals surface area contributed by atoms with Gasteiger partial charge in [-0.05, 0) is 61.4 Å². The van der Waals surface area contributed by atoms with E-state index in [1.165, 1.54) is 28.6 Å². The summed E-state index contributed by atoms with van der Waals surface area (Å²) in [6, 6.07) is 10.6. The molecule has 25 heavy (non-hydrogen) atoms. The molecule has 0 saturated carbocycles. The first-order valence-electron chi connectivity index (χ1n) is 7.67. The van der Waals surface area contributed by atoms with Crippen molar-refractivity contribution in [1.82, 2.24) is 0 Å². The smallest absolute Gasteiger partial charge is 0.261 e. The van der Waals surface area contributed by atoms with E-state index in [0.29, 0.717) is 24.3 Å². The van der Waals surface area contributed by atoms with Gasteiger partial charge >= 0.3 is 0 Å². The van der Waals surface area contributed by atoms with E-state index >= 15 is 0 Å². The van der Waals surface area contributed by atoms with Crippen LogP contribution in [0.2, 0.25) is 0 Å². The molecule has 1 heterocycles. The topological polar surface area (TPSA) is 83.6 Å². The molecule has 1 aliphatic heterocycles. The van der Waals surface area contributed by atoms with Gasteiger partial charge in [0.1, 0.15) is 5.82 Å². The Morgan fingerprint density at radius 2 is 1.60 bits per heavy atom. The number of anilines is 2.